The fourth-order valence-electron chi connectivity index (χ4n) is 2.25. The molecule has 18 heavy (non-hydrogen) atoms. The van der Waals surface area contributed by atoms with Gasteiger partial charge in [-0.05, 0) is 44.4 Å². The van der Waals surface area contributed by atoms with E-state index in [2.05, 4.69) is 31.3 Å². The normalized spacial score (nSPS) is 16.3. The van der Waals surface area contributed by atoms with E-state index in [1.165, 1.54) is 5.56 Å². The Kier molecular flexibility index (Phi) is 6.69. The summed E-state index contributed by atoms with van der Waals surface area (Å²) in [7, 11) is 0. The van der Waals surface area contributed by atoms with E-state index in [1.54, 1.807) is 0 Å². The molecule has 0 heterocycles. The predicted molar refractivity (Wildman–Crippen MR) is 78.0 cm³/mol. The number of aliphatic hydroxyl groups excluding tert-OH is 1. The summed E-state index contributed by atoms with van der Waals surface area (Å²) in [4.78, 5) is 0. The fraction of sp³-hybridized carbons (Fsp3) is 0.600. The van der Waals surface area contributed by atoms with Crippen LogP contribution in [0.1, 0.15) is 51.6 Å². The van der Waals surface area contributed by atoms with Gasteiger partial charge in [0, 0.05) is 17.1 Å². The monoisotopic (exact) mass is 269 g/mol. The highest BCUT2D eigenvalue weighted by atomic mass is 35.5. The minimum absolute atomic E-state index is 0.264. The molecule has 0 aliphatic rings. The predicted octanol–water partition coefficient (Wildman–Crippen LogP) is 3.93. The van der Waals surface area contributed by atoms with Crippen molar-refractivity contribution in [3.63, 3.8) is 0 Å². The van der Waals surface area contributed by atoms with Gasteiger partial charge in [0.05, 0.1) is 6.10 Å². The van der Waals surface area contributed by atoms with E-state index in [-0.39, 0.29) is 6.10 Å². The van der Waals surface area contributed by atoms with Crippen LogP contribution >= 0.6 is 11.6 Å². The molecule has 0 spiro atoms. The second kappa shape index (κ2) is 7.78. The summed E-state index contributed by atoms with van der Waals surface area (Å²) in [5.74, 6) is 0. The topological polar surface area (TPSA) is 32.3 Å². The molecule has 2 nitrogen and oxygen atoms in total. The maximum absolute atomic E-state index is 9.42. The van der Waals surface area contributed by atoms with Crippen LogP contribution in [0.4, 0.5) is 0 Å². The smallest absolute Gasteiger partial charge is 0.0526 e. The highest BCUT2D eigenvalue weighted by molar-refractivity contribution is 6.30. The van der Waals surface area contributed by atoms with Crippen molar-refractivity contribution < 1.29 is 5.11 Å². The Hall–Kier alpha value is -0.570. The van der Waals surface area contributed by atoms with Gasteiger partial charge in [-0.2, -0.15) is 0 Å². The number of halogens is 1. The van der Waals surface area contributed by atoms with Crippen LogP contribution in [0, 0.1) is 0 Å². The summed E-state index contributed by atoms with van der Waals surface area (Å²) in [6.07, 6.45) is 2.72. The lowest BCUT2D eigenvalue weighted by molar-refractivity contribution is 0.167. The summed E-state index contributed by atoms with van der Waals surface area (Å²) < 4.78 is 0. The number of hydrogen-bond donors (Lipinski definition) is 2. The van der Waals surface area contributed by atoms with Crippen LogP contribution in [-0.2, 0) is 0 Å². The molecule has 3 unspecified atom stereocenters. The van der Waals surface area contributed by atoms with Crippen molar-refractivity contribution in [2.45, 2.75) is 58.2 Å². The Labute approximate surface area is 115 Å². The molecular formula is C15H24ClNO. The molecule has 102 valence electrons. The van der Waals surface area contributed by atoms with E-state index in [0.717, 1.165) is 24.3 Å². The van der Waals surface area contributed by atoms with Crippen LogP contribution in [0.5, 0.6) is 0 Å². The van der Waals surface area contributed by atoms with Crippen LogP contribution in [0.2, 0.25) is 5.02 Å². The molecule has 0 amide bonds. The van der Waals surface area contributed by atoms with E-state index in [1.807, 2.05) is 19.1 Å². The highest BCUT2D eigenvalue weighted by Gasteiger charge is 2.14. The largest absolute Gasteiger partial charge is 0.393 e. The Morgan fingerprint density at radius 2 is 1.83 bits per heavy atom. The third kappa shape index (κ3) is 5.38. The third-order valence-corrected chi connectivity index (χ3v) is 3.28. The van der Waals surface area contributed by atoms with Gasteiger partial charge in [0.1, 0.15) is 0 Å². The molecule has 0 aromatic heterocycles. The molecule has 0 radical (unpaired) electrons. The van der Waals surface area contributed by atoms with Crippen LogP contribution < -0.4 is 5.32 Å². The fourth-order valence-corrected chi connectivity index (χ4v) is 2.38. The Morgan fingerprint density at radius 1 is 1.22 bits per heavy atom. The molecule has 3 heteroatoms. The maximum Gasteiger partial charge on any atom is 0.0526 e. The van der Waals surface area contributed by atoms with Crippen molar-refractivity contribution in [1.29, 1.82) is 0 Å². The van der Waals surface area contributed by atoms with Crippen molar-refractivity contribution in [3.8, 4) is 0 Å². The number of nitrogens with one attached hydrogen (secondary N) is 1. The SMILES string of the molecule is CCCC(NC(C)CC(C)O)c1ccc(Cl)cc1. The summed E-state index contributed by atoms with van der Waals surface area (Å²) in [6.45, 7) is 6.13. The molecule has 0 saturated heterocycles. The molecule has 2 N–H and O–H groups in total. The van der Waals surface area contributed by atoms with E-state index < -0.39 is 0 Å². The van der Waals surface area contributed by atoms with Crippen molar-refractivity contribution in [3.05, 3.63) is 34.9 Å². The minimum atomic E-state index is -0.264. The Bertz CT molecular complexity index is 337. The van der Waals surface area contributed by atoms with E-state index in [9.17, 15) is 5.11 Å². The molecule has 0 fully saturated rings. The average Bonchev–Trinajstić information content (AvgIpc) is 2.28. The Morgan fingerprint density at radius 3 is 2.33 bits per heavy atom. The molecule has 3 atom stereocenters. The zero-order valence-electron chi connectivity index (χ0n) is 11.5. The first-order chi connectivity index (χ1) is 8.52. The quantitative estimate of drug-likeness (QED) is 0.786. The molecule has 1 aromatic carbocycles. The second-order valence-corrected chi connectivity index (χ2v) is 5.48. The lowest BCUT2D eigenvalue weighted by Gasteiger charge is -2.24. The minimum Gasteiger partial charge on any atom is -0.393 e. The van der Waals surface area contributed by atoms with Gasteiger partial charge in [0.25, 0.3) is 0 Å². The second-order valence-electron chi connectivity index (χ2n) is 5.05. The average molecular weight is 270 g/mol. The number of rotatable bonds is 7. The lowest BCUT2D eigenvalue weighted by atomic mass is 10.0. The molecule has 0 aliphatic carbocycles. The standard InChI is InChI=1S/C15H24ClNO/c1-4-5-15(17-11(2)10-12(3)18)13-6-8-14(16)9-7-13/h6-9,11-12,15,17-18H,4-5,10H2,1-3H3. The zero-order chi connectivity index (χ0) is 13.5. The van der Waals surface area contributed by atoms with Gasteiger partial charge in [-0.3, -0.25) is 0 Å². The van der Waals surface area contributed by atoms with E-state index in [4.69, 9.17) is 11.6 Å². The van der Waals surface area contributed by atoms with Gasteiger partial charge in [-0.1, -0.05) is 37.1 Å². The first kappa shape index (κ1) is 15.5. The number of benzene rings is 1. The summed E-state index contributed by atoms with van der Waals surface area (Å²) in [5, 5.41) is 13.8. The Balaban J connectivity index is 2.67. The van der Waals surface area contributed by atoms with Gasteiger partial charge in [-0.25, -0.2) is 0 Å². The van der Waals surface area contributed by atoms with Crippen LogP contribution in [0.25, 0.3) is 0 Å². The van der Waals surface area contributed by atoms with Crippen LogP contribution in [0.15, 0.2) is 24.3 Å². The molecule has 1 aromatic rings. The van der Waals surface area contributed by atoms with E-state index in [0.29, 0.717) is 12.1 Å². The van der Waals surface area contributed by atoms with Gasteiger partial charge >= 0.3 is 0 Å². The van der Waals surface area contributed by atoms with Gasteiger partial charge in [-0.15, -0.1) is 0 Å². The maximum atomic E-state index is 9.42. The van der Waals surface area contributed by atoms with Crippen LogP contribution in [0.3, 0.4) is 0 Å². The third-order valence-electron chi connectivity index (χ3n) is 3.03. The highest BCUT2D eigenvalue weighted by Crippen LogP contribution is 2.21. The van der Waals surface area contributed by atoms with E-state index >= 15 is 0 Å². The van der Waals surface area contributed by atoms with Gasteiger partial charge < -0.3 is 10.4 Å². The van der Waals surface area contributed by atoms with Gasteiger partial charge in [0.2, 0.25) is 0 Å². The number of hydrogen-bond acceptors (Lipinski definition) is 2. The first-order valence-electron chi connectivity index (χ1n) is 6.72. The molecule has 0 saturated carbocycles. The summed E-state index contributed by atoms with van der Waals surface area (Å²) in [5.41, 5.74) is 1.26. The summed E-state index contributed by atoms with van der Waals surface area (Å²) in [6, 6.07) is 8.65. The van der Waals surface area contributed by atoms with Crippen molar-refractivity contribution >= 4 is 11.6 Å². The molecule has 1 rings (SSSR count). The lowest BCUT2D eigenvalue weighted by Crippen LogP contribution is -2.32. The zero-order valence-corrected chi connectivity index (χ0v) is 12.2. The van der Waals surface area contributed by atoms with Crippen molar-refractivity contribution in [2.75, 3.05) is 0 Å². The number of aliphatic hydroxyl groups is 1. The van der Waals surface area contributed by atoms with Crippen molar-refractivity contribution in [2.24, 2.45) is 0 Å². The van der Waals surface area contributed by atoms with Crippen molar-refractivity contribution in [1.82, 2.24) is 5.32 Å². The first-order valence-corrected chi connectivity index (χ1v) is 7.10. The molecule has 0 aliphatic heterocycles. The van der Waals surface area contributed by atoms with Gasteiger partial charge in [0.15, 0.2) is 0 Å². The molecule has 0 bridgehead atoms. The molecular weight excluding hydrogens is 246 g/mol. The van der Waals surface area contributed by atoms with Crippen LogP contribution in [-0.4, -0.2) is 17.3 Å². The summed E-state index contributed by atoms with van der Waals surface area (Å²) >= 11 is 5.91.